The van der Waals surface area contributed by atoms with E-state index in [9.17, 15) is 0 Å². The molecule has 0 aliphatic heterocycles. The maximum atomic E-state index is 6.35. The first-order valence-corrected chi connectivity index (χ1v) is 10.7. The van der Waals surface area contributed by atoms with Gasteiger partial charge in [0, 0.05) is 36.4 Å². The maximum Gasteiger partial charge on any atom is 0.163 e. The van der Waals surface area contributed by atoms with E-state index < -0.39 is 0 Å². The summed E-state index contributed by atoms with van der Waals surface area (Å²) < 4.78 is 11.9. The second-order valence-electron chi connectivity index (χ2n) is 8.08. The third kappa shape index (κ3) is 4.59. The summed E-state index contributed by atoms with van der Waals surface area (Å²) in [6.07, 6.45) is 8.72. The van der Waals surface area contributed by atoms with Crippen LogP contribution in [0.1, 0.15) is 42.4 Å². The summed E-state index contributed by atoms with van der Waals surface area (Å²) in [6.45, 7) is 5.03. The predicted molar refractivity (Wildman–Crippen MR) is 122 cm³/mol. The van der Waals surface area contributed by atoms with Gasteiger partial charge in [-0.25, -0.2) is 0 Å². The minimum Gasteiger partial charge on any atom is -0.493 e. The molecule has 4 nitrogen and oxygen atoms in total. The Bertz CT molecular complexity index is 982. The number of methoxy groups -OCH3 is 1. The molecule has 1 saturated carbocycles. The molecule has 0 unspecified atom stereocenters. The molecular formula is C26H30N2O2. The number of pyridine rings is 1. The minimum atomic E-state index is 0.280. The fraction of sp³-hybridized carbons (Fsp3) is 0.346. The molecule has 4 heteroatoms. The average Bonchev–Trinajstić information content (AvgIpc) is 3.28. The van der Waals surface area contributed by atoms with Crippen LogP contribution in [0, 0.1) is 13.8 Å². The van der Waals surface area contributed by atoms with Gasteiger partial charge in [0.05, 0.1) is 13.2 Å². The molecule has 0 bridgehead atoms. The minimum absolute atomic E-state index is 0.280. The van der Waals surface area contributed by atoms with Crippen LogP contribution >= 0.6 is 0 Å². The fourth-order valence-electron chi connectivity index (χ4n) is 4.01. The van der Waals surface area contributed by atoms with Gasteiger partial charge >= 0.3 is 0 Å². The van der Waals surface area contributed by atoms with Crippen LogP contribution in [0.15, 0.2) is 60.9 Å². The molecule has 0 spiro atoms. The molecule has 0 saturated heterocycles. The number of anilines is 2. The second kappa shape index (κ2) is 9.21. The Labute approximate surface area is 179 Å². The lowest BCUT2D eigenvalue weighted by atomic mass is 10.1. The van der Waals surface area contributed by atoms with Gasteiger partial charge in [-0.15, -0.1) is 0 Å². The number of nitrogens with zero attached hydrogens (tertiary/aromatic N) is 2. The van der Waals surface area contributed by atoms with E-state index in [0.29, 0.717) is 0 Å². The normalized spacial score (nSPS) is 14.0. The molecule has 0 N–H and O–H groups in total. The Morgan fingerprint density at radius 3 is 2.40 bits per heavy atom. The topological polar surface area (TPSA) is 34.6 Å². The van der Waals surface area contributed by atoms with Crippen molar-refractivity contribution >= 4 is 11.4 Å². The van der Waals surface area contributed by atoms with Gasteiger partial charge in [0.25, 0.3) is 0 Å². The van der Waals surface area contributed by atoms with Crippen LogP contribution in [0.2, 0.25) is 0 Å². The first-order chi connectivity index (χ1) is 14.6. The van der Waals surface area contributed by atoms with E-state index in [1.54, 1.807) is 7.11 Å². The fourth-order valence-corrected chi connectivity index (χ4v) is 4.01. The Balaban J connectivity index is 1.72. The van der Waals surface area contributed by atoms with Crippen molar-refractivity contribution in [3.05, 3.63) is 77.6 Å². The molecule has 0 amide bonds. The van der Waals surface area contributed by atoms with Crippen molar-refractivity contribution in [2.45, 2.75) is 52.2 Å². The highest BCUT2D eigenvalue weighted by atomic mass is 16.5. The quantitative estimate of drug-likeness (QED) is 0.460. The van der Waals surface area contributed by atoms with Gasteiger partial charge in [0.2, 0.25) is 0 Å². The lowest BCUT2D eigenvalue weighted by Gasteiger charge is -2.27. The van der Waals surface area contributed by atoms with Crippen LogP contribution < -0.4 is 14.4 Å². The number of aromatic nitrogens is 1. The van der Waals surface area contributed by atoms with E-state index in [4.69, 9.17) is 9.47 Å². The third-order valence-electron chi connectivity index (χ3n) is 5.92. The Morgan fingerprint density at radius 2 is 1.70 bits per heavy atom. The van der Waals surface area contributed by atoms with Crippen molar-refractivity contribution in [2.24, 2.45) is 0 Å². The first-order valence-electron chi connectivity index (χ1n) is 10.7. The highest BCUT2D eigenvalue weighted by Gasteiger charge is 2.20. The number of ether oxygens (including phenoxy) is 2. The second-order valence-corrected chi connectivity index (χ2v) is 8.08. The van der Waals surface area contributed by atoms with Crippen molar-refractivity contribution in [2.75, 3.05) is 12.0 Å². The zero-order chi connectivity index (χ0) is 20.9. The zero-order valence-corrected chi connectivity index (χ0v) is 18.1. The molecular weight excluding hydrogens is 372 g/mol. The molecule has 156 valence electrons. The van der Waals surface area contributed by atoms with Gasteiger partial charge in [0.15, 0.2) is 11.5 Å². The number of hydrogen-bond donors (Lipinski definition) is 0. The summed E-state index contributed by atoms with van der Waals surface area (Å²) in [4.78, 5) is 6.61. The Morgan fingerprint density at radius 1 is 0.933 bits per heavy atom. The summed E-state index contributed by atoms with van der Waals surface area (Å²) >= 11 is 0. The monoisotopic (exact) mass is 402 g/mol. The van der Waals surface area contributed by atoms with Crippen LogP contribution in [-0.2, 0) is 6.54 Å². The molecule has 3 aromatic rings. The van der Waals surface area contributed by atoms with Crippen molar-refractivity contribution in [3.63, 3.8) is 0 Å². The molecule has 4 rings (SSSR count). The van der Waals surface area contributed by atoms with Gasteiger partial charge in [-0.05, 0) is 86.6 Å². The van der Waals surface area contributed by atoms with Gasteiger partial charge < -0.3 is 14.4 Å². The van der Waals surface area contributed by atoms with Gasteiger partial charge in [0.1, 0.15) is 0 Å². The molecule has 2 aromatic carbocycles. The standard InChI is InChI=1S/C26H30N2O2/c1-19-10-11-22(15-20(19)2)28(18-21-7-6-14-27-17-21)23-12-13-25(29-3)26(16-23)30-24-8-4-5-9-24/h6-7,10-17,24H,4-5,8-9,18H2,1-3H3. The largest absolute Gasteiger partial charge is 0.493 e. The first kappa shape index (κ1) is 20.3. The van der Waals surface area contributed by atoms with Gasteiger partial charge in [-0.1, -0.05) is 12.1 Å². The number of benzene rings is 2. The predicted octanol–water partition coefficient (Wildman–Crippen LogP) is 6.37. The van der Waals surface area contributed by atoms with Gasteiger partial charge in [-0.3, -0.25) is 4.98 Å². The summed E-state index contributed by atoms with van der Waals surface area (Å²) in [6, 6.07) is 16.9. The van der Waals surface area contributed by atoms with Crippen molar-refractivity contribution in [3.8, 4) is 11.5 Å². The summed E-state index contributed by atoms with van der Waals surface area (Å²) in [5.41, 5.74) is 5.96. The van der Waals surface area contributed by atoms with Crippen molar-refractivity contribution < 1.29 is 9.47 Å². The smallest absolute Gasteiger partial charge is 0.163 e. The lowest BCUT2D eigenvalue weighted by molar-refractivity contribution is 0.201. The molecule has 1 aromatic heterocycles. The van der Waals surface area contributed by atoms with Crippen LogP contribution in [-0.4, -0.2) is 18.2 Å². The average molecular weight is 403 g/mol. The number of rotatable bonds is 7. The van der Waals surface area contributed by atoms with E-state index in [0.717, 1.165) is 47.8 Å². The van der Waals surface area contributed by atoms with E-state index in [1.165, 1.54) is 24.0 Å². The SMILES string of the molecule is COc1ccc(N(Cc2cccnc2)c2ccc(C)c(C)c2)cc1OC1CCCC1. The summed E-state index contributed by atoms with van der Waals surface area (Å²) in [7, 11) is 1.70. The molecule has 1 aliphatic carbocycles. The third-order valence-corrected chi connectivity index (χ3v) is 5.92. The molecule has 30 heavy (non-hydrogen) atoms. The Kier molecular flexibility index (Phi) is 6.22. The van der Waals surface area contributed by atoms with Crippen LogP contribution in [0.4, 0.5) is 11.4 Å². The summed E-state index contributed by atoms with van der Waals surface area (Å²) in [5.74, 6) is 1.61. The van der Waals surface area contributed by atoms with E-state index in [1.807, 2.05) is 24.5 Å². The van der Waals surface area contributed by atoms with Crippen LogP contribution in [0.25, 0.3) is 0 Å². The van der Waals surface area contributed by atoms with E-state index in [2.05, 4.69) is 60.1 Å². The highest BCUT2D eigenvalue weighted by molar-refractivity contribution is 5.67. The number of aryl methyl sites for hydroxylation is 2. The zero-order valence-electron chi connectivity index (χ0n) is 18.1. The number of hydrogen-bond acceptors (Lipinski definition) is 4. The molecule has 0 radical (unpaired) electrons. The molecule has 0 atom stereocenters. The molecule has 1 aliphatic rings. The summed E-state index contributed by atoms with van der Waals surface area (Å²) in [5, 5.41) is 0. The van der Waals surface area contributed by atoms with Crippen LogP contribution in [0.3, 0.4) is 0 Å². The Hall–Kier alpha value is -3.01. The highest BCUT2D eigenvalue weighted by Crippen LogP contribution is 2.38. The van der Waals surface area contributed by atoms with Crippen LogP contribution in [0.5, 0.6) is 11.5 Å². The molecule has 1 heterocycles. The van der Waals surface area contributed by atoms with E-state index >= 15 is 0 Å². The lowest BCUT2D eigenvalue weighted by Crippen LogP contribution is -2.18. The molecule has 1 fully saturated rings. The maximum absolute atomic E-state index is 6.35. The van der Waals surface area contributed by atoms with Crippen molar-refractivity contribution in [1.29, 1.82) is 0 Å². The van der Waals surface area contributed by atoms with Crippen molar-refractivity contribution in [1.82, 2.24) is 4.98 Å². The van der Waals surface area contributed by atoms with Gasteiger partial charge in [-0.2, -0.15) is 0 Å². The van der Waals surface area contributed by atoms with E-state index in [-0.39, 0.29) is 6.10 Å².